The number of benzene rings is 2. The van der Waals surface area contributed by atoms with Crippen molar-refractivity contribution >= 4 is 6.29 Å². The van der Waals surface area contributed by atoms with Crippen LogP contribution in [0.3, 0.4) is 0 Å². The van der Waals surface area contributed by atoms with Crippen molar-refractivity contribution in [1.29, 1.82) is 0 Å². The van der Waals surface area contributed by atoms with Crippen LogP contribution < -0.4 is 4.74 Å². The Bertz CT molecular complexity index is 634. The van der Waals surface area contributed by atoms with Crippen LogP contribution >= 0.6 is 0 Å². The summed E-state index contributed by atoms with van der Waals surface area (Å²) in [5.41, 5.74) is 2.79. The van der Waals surface area contributed by atoms with Gasteiger partial charge in [-0.05, 0) is 45.4 Å². The van der Waals surface area contributed by atoms with E-state index in [1.54, 1.807) is 6.07 Å². The van der Waals surface area contributed by atoms with Crippen LogP contribution in [0.5, 0.6) is 5.75 Å². The highest BCUT2D eigenvalue weighted by Gasteiger charge is 2.01. The van der Waals surface area contributed by atoms with Gasteiger partial charge in [-0.25, -0.2) is 0 Å². The van der Waals surface area contributed by atoms with E-state index in [1.807, 2.05) is 70.2 Å². The molecule has 2 aromatic rings. The number of aliphatic hydroxyl groups excluding tert-OH is 2. The first kappa shape index (κ1) is 26.8. The van der Waals surface area contributed by atoms with Gasteiger partial charge in [-0.2, -0.15) is 0 Å². The molecule has 29 heavy (non-hydrogen) atoms. The van der Waals surface area contributed by atoms with E-state index in [0.29, 0.717) is 12.2 Å². The molecule has 0 spiro atoms. The topological polar surface area (TPSA) is 85.2 Å². The molecule has 6 heteroatoms. The Morgan fingerprint density at radius 2 is 1.48 bits per heavy atom. The van der Waals surface area contributed by atoms with Crippen molar-refractivity contribution in [2.45, 2.75) is 40.6 Å². The number of aryl methyl sites for hydroxylation is 1. The molecule has 0 saturated heterocycles. The minimum Gasteiger partial charge on any atom is -0.489 e. The molecule has 6 nitrogen and oxygen atoms in total. The van der Waals surface area contributed by atoms with Crippen LogP contribution in [0.25, 0.3) is 0 Å². The summed E-state index contributed by atoms with van der Waals surface area (Å²) >= 11 is 0. The summed E-state index contributed by atoms with van der Waals surface area (Å²) in [6.07, 6.45) is 0.818. The molecule has 0 heterocycles. The minimum absolute atomic E-state index is 0.0370. The molecular formula is C23H34O6. The zero-order valence-corrected chi connectivity index (χ0v) is 17.8. The van der Waals surface area contributed by atoms with Crippen LogP contribution in [0.4, 0.5) is 0 Å². The number of aldehydes is 1. The molecule has 0 aliphatic heterocycles. The Labute approximate surface area is 174 Å². The van der Waals surface area contributed by atoms with E-state index in [0.717, 1.165) is 30.8 Å². The number of aliphatic hydroxyl groups is 2. The van der Waals surface area contributed by atoms with Crippen molar-refractivity contribution in [3.05, 3.63) is 65.2 Å². The van der Waals surface area contributed by atoms with Crippen LogP contribution in [0.1, 0.15) is 42.3 Å². The lowest BCUT2D eigenvalue weighted by Crippen LogP contribution is -2.11. The van der Waals surface area contributed by atoms with E-state index < -0.39 is 0 Å². The summed E-state index contributed by atoms with van der Waals surface area (Å²) < 4.78 is 15.8. The summed E-state index contributed by atoms with van der Waals surface area (Å²) in [6.45, 7) is 9.45. The first-order chi connectivity index (χ1) is 14.0. The number of rotatable bonds is 9. The summed E-state index contributed by atoms with van der Waals surface area (Å²) in [5.74, 6) is 0.816. The molecule has 0 atom stereocenters. The highest BCUT2D eigenvalue weighted by Crippen LogP contribution is 2.15. The van der Waals surface area contributed by atoms with Crippen molar-refractivity contribution in [2.75, 3.05) is 26.4 Å². The van der Waals surface area contributed by atoms with E-state index in [1.165, 1.54) is 5.56 Å². The number of hydrogen-bond acceptors (Lipinski definition) is 6. The van der Waals surface area contributed by atoms with E-state index in [4.69, 9.17) is 24.4 Å². The standard InChI is InChI=1S/C15H14O2.C6H14O2.C2H6O2/c1-12-6-8-15(9-7-12)17-11-14-5-3-2-4-13(14)10-16;1-4-7-6(3)8-5-2;3-1-2-4/h2-10H,11H2,1H3;6H,4-5H2,1-3H3;3-4H,1-2H2. The number of ether oxygens (including phenoxy) is 3. The molecule has 162 valence electrons. The summed E-state index contributed by atoms with van der Waals surface area (Å²) in [6, 6.07) is 15.3. The van der Waals surface area contributed by atoms with Gasteiger partial charge in [0, 0.05) is 18.8 Å². The van der Waals surface area contributed by atoms with Gasteiger partial charge in [0.2, 0.25) is 0 Å². The molecule has 0 aliphatic rings. The Hall–Kier alpha value is -2.25. The molecule has 0 aromatic heterocycles. The molecule has 0 saturated carbocycles. The van der Waals surface area contributed by atoms with Crippen LogP contribution in [0.2, 0.25) is 0 Å². The Morgan fingerprint density at radius 3 is 1.97 bits per heavy atom. The second-order valence-corrected chi connectivity index (χ2v) is 5.84. The van der Waals surface area contributed by atoms with Gasteiger partial charge >= 0.3 is 0 Å². The van der Waals surface area contributed by atoms with Gasteiger partial charge in [0.1, 0.15) is 18.6 Å². The third-order valence-corrected chi connectivity index (χ3v) is 3.50. The molecule has 0 amide bonds. The molecule has 0 fully saturated rings. The van der Waals surface area contributed by atoms with Gasteiger partial charge in [0.05, 0.1) is 13.2 Å². The van der Waals surface area contributed by atoms with Crippen LogP contribution in [0.15, 0.2) is 48.5 Å². The number of hydrogen-bond donors (Lipinski definition) is 2. The van der Waals surface area contributed by atoms with Gasteiger partial charge in [0.15, 0.2) is 6.29 Å². The lowest BCUT2D eigenvalue weighted by molar-refractivity contribution is -0.123. The van der Waals surface area contributed by atoms with Crippen LogP contribution in [0, 0.1) is 6.92 Å². The van der Waals surface area contributed by atoms with Gasteiger partial charge in [0.25, 0.3) is 0 Å². The van der Waals surface area contributed by atoms with E-state index in [-0.39, 0.29) is 19.5 Å². The molecule has 0 radical (unpaired) electrons. The fourth-order valence-electron chi connectivity index (χ4n) is 2.09. The average Bonchev–Trinajstić information content (AvgIpc) is 2.74. The SMILES string of the molecule is CCOC(C)OCC.Cc1ccc(OCc2ccccc2C=O)cc1.OCCO. The normalized spacial score (nSPS) is 9.76. The highest BCUT2D eigenvalue weighted by molar-refractivity contribution is 5.77. The van der Waals surface area contributed by atoms with E-state index >= 15 is 0 Å². The number of carbonyl (C=O) groups excluding carboxylic acids is 1. The quantitative estimate of drug-likeness (QED) is 0.487. The second-order valence-electron chi connectivity index (χ2n) is 5.84. The first-order valence-electron chi connectivity index (χ1n) is 9.69. The summed E-state index contributed by atoms with van der Waals surface area (Å²) in [4.78, 5) is 10.8. The zero-order valence-electron chi connectivity index (χ0n) is 17.8. The largest absolute Gasteiger partial charge is 0.489 e. The van der Waals surface area contributed by atoms with Crippen molar-refractivity contribution < 1.29 is 29.2 Å². The fourth-order valence-corrected chi connectivity index (χ4v) is 2.09. The Kier molecular flexibility index (Phi) is 16.4. The lowest BCUT2D eigenvalue weighted by atomic mass is 10.1. The highest BCUT2D eigenvalue weighted by atomic mass is 16.7. The minimum atomic E-state index is -0.125. The van der Waals surface area contributed by atoms with Gasteiger partial charge in [-0.3, -0.25) is 4.79 Å². The molecule has 2 rings (SSSR count). The average molecular weight is 407 g/mol. The zero-order chi connectivity index (χ0) is 21.9. The monoisotopic (exact) mass is 406 g/mol. The van der Waals surface area contributed by atoms with Gasteiger partial charge in [-0.1, -0.05) is 42.0 Å². The molecule has 0 bridgehead atoms. The molecular weight excluding hydrogens is 372 g/mol. The van der Waals surface area contributed by atoms with E-state index in [9.17, 15) is 4.79 Å². The summed E-state index contributed by atoms with van der Waals surface area (Å²) in [5, 5.41) is 15.2. The third kappa shape index (κ3) is 13.5. The maximum atomic E-state index is 10.8. The predicted molar refractivity (Wildman–Crippen MR) is 114 cm³/mol. The lowest BCUT2D eigenvalue weighted by Gasteiger charge is -2.09. The van der Waals surface area contributed by atoms with E-state index in [2.05, 4.69) is 0 Å². The molecule has 0 aliphatic carbocycles. The number of carbonyl (C=O) groups is 1. The fraction of sp³-hybridized carbons (Fsp3) is 0.435. The molecule has 2 aromatic carbocycles. The first-order valence-corrected chi connectivity index (χ1v) is 9.69. The van der Waals surface area contributed by atoms with Crippen molar-refractivity contribution in [1.82, 2.24) is 0 Å². The maximum absolute atomic E-state index is 10.8. The van der Waals surface area contributed by atoms with Gasteiger partial charge in [-0.15, -0.1) is 0 Å². The Morgan fingerprint density at radius 1 is 0.931 bits per heavy atom. The second kappa shape index (κ2) is 17.8. The summed E-state index contributed by atoms with van der Waals surface area (Å²) in [7, 11) is 0. The molecule has 0 unspecified atom stereocenters. The van der Waals surface area contributed by atoms with Gasteiger partial charge < -0.3 is 24.4 Å². The van der Waals surface area contributed by atoms with Crippen LogP contribution in [-0.4, -0.2) is 49.2 Å². The van der Waals surface area contributed by atoms with Crippen LogP contribution in [-0.2, 0) is 16.1 Å². The van der Waals surface area contributed by atoms with Crippen molar-refractivity contribution in [2.24, 2.45) is 0 Å². The maximum Gasteiger partial charge on any atom is 0.154 e. The van der Waals surface area contributed by atoms with Crippen molar-refractivity contribution in [3.63, 3.8) is 0 Å². The molecule has 2 N–H and O–H groups in total. The Balaban J connectivity index is 0.000000547. The van der Waals surface area contributed by atoms with Crippen molar-refractivity contribution in [3.8, 4) is 5.75 Å². The third-order valence-electron chi connectivity index (χ3n) is 3.50. The predicted octanol–water partition coefficient (Wildman–Crippen LogP) is 3.76. The smallest absolute Gasteiger partial charge is 0.154 e.